The Kier molecular flexibility index (Phi) is 4.68. The third-order valence-electron chi connectivity index (χ3n) is 3.25. The second-order valence-corrected chi connectivity index (χ2v) is 5.54. The maximum atomic E-state index is 11.6. The lowest BCUT2D eigenvalue weighted by Crippen LogP contribution is -2.17. The molecule has 4 nitrogen and oxygen atoms in total. The zero-order valence-corrected chi connectivity index (χ0v) is 12.9. The normalized spacial score (nSPS) is 12.2. The lowest BCUT2D eigenvalue weighted by atomic mass is 10.2. The molecule has 1 heterocycles. The molecule has 1 atom stereocenters. The summed E-state index contributed by atoms with van der Waals surface area (Å²) in [5.74, 6) is 1.82. The van der Waals surface area contributed by atoms with Crippen LogP contribution in [0.3, 0.4) is 0 Å². The van der Waals surface area contributed by atoms with E-state index in [1.807, 2.05) is 64.1 Å². The number of aryl methyl sites for hydroxylation is 1. The first-order valence-corrected chi connectivity index (χ1v) is 7.19. The van der Waals surface area contributed by atoms with Gasteiger partial charge in [-0.05, 0) is 50.2 Å². The predicted molar refractivity (Wildman–Crippen MR) is 85.4 cm³/mol. The molecule has 112 valence electrons. The van der Waals surface area contributed by atoms with E-state index in [4.69, 9.17) is 4.42 Å². The molecular weight excluding hydrogens is 264 g/mol. The SMILES string of the molecule is Cc1ccc(C(C)Nc2ccc(NC(=O)C(C)C)cc2)o1. The Morgan fingerprint density at radius 1 is 1.00 bits per heavy atom. The van der Waals surface area contributed by atoms with Gasteiger partial charge in [-0.1, -0.05) is 13.8 Å². The van der Waals surface area contributed by atoms with Crippen molar-refractivity contribution in [2.45, 2.75) is 33.7 Å². The lowest BCUT2D eigenvalue weighted by Gasteiger charge is -2.14. The third-order valence-corrected chi connectivity index (χ3v) is 3.25. The molecule has 2 rings (SSSR count). The molecule has 2 N–H and O–H groups in total. The standard InChI is InChI=1S/C17H22N2O2/c1-11(2)17(20)19-15-8-6-14(7-9-15)18-13(4)16-10-5-12(3)21-16/h5-11,13,18H,1-4H3,(H,19,20). The van der Waals surface area contributed by atoms with Crippen molar-refractivity contribution in [3.8, 4) is 0 Å². The second kappa shape index (κ2) is 6.48. The van der Waals surface area contributed by atoms with Gasteiger partial charge in [0, 0.05) is 17.3 Å². The zero-order valence-electron chi connectivity index (χ0n) is 12.9. The quantitative estimate of drug-likeness (QED) is 0.859. The molecule has 0 bridgehead atoms. The van der Waals surface area contributed by atoms with Gasteiger partial charge in [-0.25, -0.2) is 0 Å². The molecular formula is C17H22N2O2. The first-order chi connectivity index (χ1) is 9.95. The van der Waals surface area contributed by atoms with Gasteiger partial charge in [0.1, 0.15) is 11.5 Å². The fourth-order valence-electron chi connectivity index (χ4n) is 1.94. The molecule has 0 aliphatic heterocycles. The van der Waals surface area contributed by atoms with Crippen LogP contribution in [0.2, 0.25) is 0 Å². The zero-order chi connectivity index (χ0) is 15.4. The first kappa shape index (κ1) is 15.2. The predicted octanol–water partition coefficient (Wildman–Crippen LogP) is 4.36. The van der Waals surface area contributed by atoms with Gasteiger partial charge in [0.05, 0.1) is 6.04 Å². The van der Waals surface area contributed by atoms with E-state index >= 15 is 0 Å². The lowest BCUT2D eigenvalue weighted by molar-refractivity contribution is -0.118. The third kappa shape index (κ3) is 4.12. The highest BCUT2D eigenvalue weighted by Gasteiger charge is 2.10. The summed E-state index contributed by atoms with van der Waals surface area (Å²) in [5.41, 5.74) is 1.79. The summed E-state index contributed by atoms with van der Waals surface area (Å²) in [6, 6.07) is 11.7. The molecule has 21 heavy (non-hydrogen) atoms. The number of benzene rings is 1. The van der Waals surface area contributed by atoms with Gasteiger partial charge in [0.25, 0.3) is 0 Å². The molecule has 1 aromatic heterocycles. The van der Waals surface area contributed by atoms with Crippen LogP contribution in [0.5, 0.6) is 0 Å². The summed E-state index contributed by atoms with van der Waals surface area (Å²) in [4.78, 5) is 11.6. The van der Waals surface area contributed by atoms with Crippen LogP contribution in [0.15, 0.2) is 40.8 Å². The summed E-state index contributed by atoms with van der Waals surface area (Å²) in [7, 11) is 0. The van der Waals surface area contributed by atoms with Gasteiger partial charge >= 0.3 is 0 Å². The van der Waals surface area contributed by atoms with Crippen molar-refractivity contribution in [1.29, 1.82) is 0 Å². The number of rotatable bonds is 5. The van der Waals surface area contributed by atoms with Gasteiger partial charge < -0.3 is 15.1 Å². The Labute approximate surface area is 125 Å². The summed E-state index contributed by atoms with van der Waals surface area (Å²) in [5, 5.41) is 6.24. The highest BCUT2D eigenvalue weighted by atomic mass is 16.3. The van der Waals surface area contributed by atoms with Crippen molar-refractivity contribution in [1.82, 2.24) is 0 Å². The van der Waals surface area contributed by atoms with E-state index in [1.165, 1.54) is 0 Å². The average molecular weight is 286 g/mol. The maximum absolute atomic E-state index is 11.6. The van der Waals surface area contributed by atoms with Crippen LogP contribution >= 0.6 is 0 Å². The van der Waals surface area contributed by atoms with Gasteiger partial charge in [-0.15, -0.1) is 0 Å². The van der Waals surface area contributed by atoms with Crippen molar-refractivity contribution in [2.24, 2.45) is 5.92 Å². The molecule has 2 aromatic rings. The molecule has 0 aliphatic rings. The Hall–Kier alpha value is -2.23. The van der Waals surface area contributed by atoms with E-state index in [1.54, 1.807) is 0 Å². The number of amides is 1. The van der Waals surface area contributed by atoms with E-state index in [0.29, 0.717) is 0 Å². The largest absolute Gasteiger partial charge is 0.464 e. The van der Waals surface area contributed by atoms with Crippen molar-refractivity contribution >= 4 is 17.3 Å². The maximum Gasteiger partial charge on any atom is 0.226 e. The molecule has 4 heteroatoms. The van der Waals surface area contributed by atoms with Gasteiger partial charge in [-0.3, -0.25) is 4.79 Å². The van der Waals surface area contributed by atoms with E-state index < -0.39 is 0 Å². The molecule has 0 saturated carbocycles. The van der Waals surface area contributed by atoms with Gasteiger partial charge in [0.2, 0.25) is 5.91 Å². The van der Waals surface area contributed by atoms with Crippen LogP contribution in [0.1, 0.15) is 38.3 Å². The fraction of sp³-hybridized carbons (Fsp3) is 0.353. The van der Waals surface area contributed by atoms with Crippen LogP contribution in [0.25, 0.3) is 0 Å². The van der Waals surface area contributed by atoms with Crippen LogP contribution in [-0.2, 0) is 4.79 Å². The summed E-state index contributed by atoms with van der Waals surface area (Å²) in [6.07, 6.45) is 0. The van der Waals surface area contributed by atoms with Crippen LogP contribution in [0.4, 0.5) is 11.4 Å². The first-order valence-electron chi connectivity index (χ1n) is 7.19. The van der Waals surface area contributed by atoms with Crippen LogP contribution < -0.4 is 10.6 Å². The molecule has 1 amide bonds. The minimum absolute atomic E-state index is 0.0231. The van der Waals surface area contributed by atoms with Crippen molar-refractivity contribution in [3.63, 3.8) is 0 Å². The average Bonchev–Trinajstić information content (AvgIpc) is 2.87. The molecule has 1 unspecified atom stereocenters. The van der Waals surface area contributed by atoms with E-state index in [2.05, 4.69) is 10.6 Å². The van der Waals surface area contributed by atoms with Crippen LogP contribution in [0, 0.1) is 12.8 Å². The molecule has 0 aliphatic carbocycles. The number of carbonyl (C=O) groups is 1. The monoisotopic (exact) mass is 286 g/mol. The molecule has 0 radical (unpaired) electrons. The van der Waals surface area contributed by atoms with Gasteiger partial charge in [0.15, 0.2) is 0 Å². The topological polar surface area (TPSA) is 54.3 Å². The van der Waals surface area contributed by atoms with Crippen molar-refractivity contribution in [3.05, 3.63) is 47.9 Å². The molecule has 0 saturated heterocycles. The van der Waals surface area contributed by atoms with E-state index in [9.17, 15) is 4.79 Å². The summed E-state index contributed by atoms with van der Waals surface area (Å²) in [6.45, 7) is 7.73. The minimum atomic E-state index is -0.0231. The van der Waals surface area contributed by atoms with Crippen LogP contribution in [-0.4, -0.2) is 5.91 Å². The van der Waals surface area contributed by atoms with Gasteiger partial charge in [-0.2, -0.15) is 0 Å². The smallest absolute Gasteiger partial charge is 0.226 e. The fourth-order valence-corrected chi connectivity index (χ4v) is 1.94. The highest BCUT2D eigenvalue weighted by Crippen LogP contribution is 2.22. The number of nitrogens with one attached hydrogen (secondary N) is 2. The van der Waals surface area contributed by atoms with Crippen molar-refractivity contribution < 1.29 is 9.21 Å². The minimum Gasteiger partial charge on any atom is -0.464 e. The number of furan rings is 1. The molecule has 0 fully saturated rings. The second-order valence-electron chi connectivity index (χ2n) is 5.54. The molecule has 1 aromatic carbocycles. The Morgan fingerprint density at radius 2 is 1.62 bits per heavy atom. The Morgan fingerprint density at radius 3 is 2.14 bits per heavy atom. The molecule has 0 spiro atoms. The number of hydrogen-bond acceptors (Lipinski definition) is 3. The van der Waals surface area contributed by atoms with E-state index in [-0.39, 0.29) is 17.9 Å². The number of carbonyl (C=O) groups excluding carboxylic acids is 1. The summed E-state index contributed by atoms with van der Waals surface area (Å²) < 4.78 is 5.60. The van der Waals surface area contributed by atoms with Crippen molar-refractivity contribution in [2.75, 3.05) is 10.6 Å². The Balaban J connectivity index is 1.97. The van der Waals surface area contributed by atoms with E-state index in [0.717, 1.165) is 22.9 Å². The Bertz CT molecular complexity index is 600. The summed E-state index contributed by atoms with van der Waals surface area (Å²) >= 11 is 0. The number of anilines is 2. The highest BCUT2D eigenvalue weighted by molar-refractivity contribution is 5.92. The number of hydrogen-bond donors (Lipinski definition) is 2.